The molecule has 0 bridgehead atoms. The van der Waals surface area contributed by atoms with E-state index in [1.165, 1.54) is 6.08 Å². The lowest BCUT2D eigenvalue weighted by Crippen LogP contribution is -2.47. The average molecular weight is 331 g/mol. The fourth-order valence-corrected chi connectivity index (χ4v) is 2.56. The number of carbonyl (C=O) groups is 2. The van der Waals surface area contributed by atoms with Gasteiger partial charge < -0.3 is 20.7 Å². The first kappa shape index (κ1) is 17.8. The number of amides is 3. The van der Waals surface area contributed by atoms with Gasteiger partial charge in [0.25, 0.3) is 0 Å². The normalized spacial score (nSPS) is 15.5. The fourth-order valence-electron chi connectivity index (χ4n) is 2.56. The fraction of sp³-hybridized carbons (Fsp3) is 0.444. The zero-order chi connectivity index (χ0) is 17.4. The van der Waals surface area contributed by atoms with Gasteiger partial charge in [0.05, 0.1) is 6.61 Å². The van der Waals surface area contributed by atoms with Crippen LogP contribution in [-0.4, -0.2) is 42.6 Å². The highest BCUT2D eigenvalue weighted by atomic mass is 16.5. The highest BCUT2D eigenvalue weighted by molar-refractivity contribution is 5.91. The van der Waals surface area contributed by atoms with Crippen LogP contribution in [0.5, 0.6) is 5.75 Å². The van der Waals surface area contributed by atoms with E-state index in [2.05, 4.69) is 12.2 Å². The molecule has 0 saturated carbocycles. The van der Waals surface area contributed by atoms with E-state index in [-0.39, 0.29) is 11.9 Å². The maximum absolute atomic E-state index is 12.0. The van der Waals surface area contributed by atoms with Crippen LogP contribution < -0.4 is 15.8 Å². The maximum atomic E-state index is 12.0. The van der Waals surface area contributed by atoms with Gasteiger partial charge in [0.1, 0.15) is 5.75 Å². The molecule has 0 aliphatic carbocycles. The van der Waals surface area contributed by atoms with Gasteiger partial charge in [-0.15, -0.1) is 0 Å². The van der Waals surface area contributed by atoms with Crippen molar-refractivity contribution >= 4 is 18.0 Å². The molecule has 0 aromatic heterocycles. The molecule has 0 unspecified atom stereocenters. The lowest BCUT2D eigenvalue weighted by molar-refractivity contribution is -0.117. The van der Waals surface area contributed by atoms with Gasteiger partial charge >= 0.3 is 6.03 Å². The molecule has 0 spiro atoms. The summed E-state index contributed by atoms with van der Waals surface area (Å²) in [5.41, 5.74) is 6.19. The molecule has 3 N–H and O–H groups in total. The Kier molecular flexibility index (Phi) is 6.66. The van der Waals surface area contributed by atoms with Gasteiger partial charge in [-0.25, -0.2) is 4.79 Å². The molecular weight excluding hydrogens is 306 g/mol. The van der Waals surface area contributed by atoms with E-state index in [0.717, 1.165) is 30.6 Å². The van der Waals surface area contributed by atoms with Crippen molar-refractivity contribution < 1.29 is 14.3 Å². The molecule has 6 nitrogen and oxygen atoms in total. The van der Waals surface area contributed by atoms with Crippen molar-refractivity contribution in [2.75, 3.05) is 19.7 Å². The van der Waals surface area contributed by atoms with Gasteiger partial charge in [-0.3, -0.25) is 4.79 Å². The van der Waals surface area contributed by atoms with Gasteiger partial charge in [-0.05, 0) is 43.0 Å². The second-order valence-electron chi connectivity index (χ2n) is 5.86. The van der Waals surface area contributed by atoms with Crippen LogP contribution in [0.2, 0.25) is 0 Å². The monoisotopic (exact) mass is 331 g/mol. The third-order valence-corrected chi connectivity index (χ3v) is 3.93. The average Bonchev–Trinajstić information content (AvgIpc) is 2.59. The number of hydrogen-bond donors (Lipinski definition) is 2. The first-order valence-corrected chi connectivity index (χ1v) is 8.34. The number of nitrogens with two attached hydrogens (primary N) is 1. The van der Waals surface area contributed by atoms with Crippen molar-refractivity contribution in [3.8, 4) is 5.75 Å². The van der Waals surface area contributed by atoms with Crippen LogP contribution >= 0.6 is 0 Å². The second-order valence-corrected chi connectivity index (χ2v) is 5.86. The number of hydrogen-bond acceptors (Lipinski definition) is 3. The van der Waals surface area contributed by atoms with Crippen LogP contribution in [0.15, 0.2) is 30.3 Å². The lowest BCUT2D eigenvalue weighted by Gasteiger charge is -2.30. The number of carbonyl (C=O) groups excluding carboxylic acids is 2. The summed E-state index contributed by atoms with van der Waals surface area (Å²) in [5, 5.41) is 2.96. The van der Waals surface area contributed by atoms with Gasteiger partial charge in [0.15, 0.2) is 0 Å². The third kappa shape index (κ3) is 5.61. The van der Waals surface area contributed by atoms with E-state index in [1.54, 1.807) is 11.0 Å². The number of piperidine rings is 1. The maximum Gasteiger partial charge on any atom is 0.314 e. The largest absolute Gasteiger partial charge is 0.494 e. The number of rotatable bonds is 6. The first-order valence-electron chi connectivity index (χ1n) is 8.34. The molecule has 1 aliphatic heterocycles. The van der Waals surface area contributed by atoms with Crippen LogP contribution in [0.1, 0.15) is 31.7 Å². The summed E-state index contributed by atoms with van der Waals surface area (Å²) >= 11 is 0. The molecule has 3 amide bonds. The summed E-state index contributed by atoms with van der Waals surface area (Å²) < 4.78 is 5.52. The topological polar surface area (TPSA) is 84.7 Å². The number of primary amides is 1. The number of urea groups is 1. The smallest absolute Gasteiger partial charge is 0.314 e. The number of ether oxygens (including phenoxy) is 1. The third-order valence-electron chi connectivity index (χ3n) is 3.93. The predicted octanol–water partition coefficient (Wildman–Crippen LogP) is 2.15. The molecule has 0 radical (unpaired) electrons. The molecule has 1 aliphatic rings. The summed E-state index contributed by atoms with van der Waals surface area (Å²) in [6.45, 7) is 3.94. The van der Waals surface area contributed by atoms with E-state index in [0.29, 0.717) is 19.7 Å². The molecule has 1 saturated heterocycles. The van der Waals surface area contributed by atoms with Crippen molar-refractivity contribution in [3.05, 3.63) is 35.9 Å². The van der Waals surface area contributed by atoms with Gasteiger partial charge in [0, 0.05) is 25.2 Å². The SMILES string of the molecule is CCCOc1ccc(C=CC(=O)NC2CCN(C(N)=O)CC2)cc1. The summed E-state index contributed by atoms with van der Waals surface area (Å²) in [5.74, 6) is 0.707. The second kappa shape index (κ2) is 8.96. The highest BCUT2D eigenvalue weighted by Gasteiger charge is 2.21. The quantitative estimate of drug-likeness (QED) is 0.783. The minimum Gasteiger partial charge on any atom is -0.494 e. The van der Waals surface area contributed by atoms with E-state index in [4.69, 9.17) is 10.5 Å². The lowest BCUT2D eigenvalue weighted by atomic mass is 10.1. The molecule has 1 aromatic rings. The van der Waals surface area contributed by atoms with E-state index >= 15 is 0 Å². The zero-order valence-corrected chi connectivity index (χ0v) is 14.0. The minimum atomic E-state index is -0.397. The Hall–Kier alpha value is -2.50. The van der Waals surface area contributed by atoms with Gasteiger partial charge in [0.2, 0.25) is 5.91 Å². The van der Waals surface area contributed by atoms with Crippen molar-refractivity contribution in [2.24, 2.45) is 5.73 Å². The Morgan fingerprint density at radius 1 is 1.29 bits per heavy atom. The Morgan fingerprint density at radius 2 is 1.96 bits per heavy atom. The van der Waals surface area contributed by atoms with Crippen LogP contribution in [0.25, 0.3) is 6.08 Å². The standard InChI is InChI=1S/C18H25N3O3/c1-2-13-24-16-6-3-14(4-7-16)5-8-17(22)20-15-9-11-21(12-10-15)18(19)23/h3-8,15H,2,9-13H2,1H3,(H2,19,23)(H,20,22). The molecule has 1 heterocycles. The van der Waals surface area contributed by atoms with Crippen LogP contribution in [0.3, 0.4) is 0 Å². The molecule has 2 rings (SSSR count). The molecule has 1 aromatic carbocycles. The van der Waals surface area contributed by atoms with Crippen LogP contribution in [0.4, 0.5) is 4.79 Å². The van der Waals surface area contributed by atoms with Crippen LogP contribution in [-0.2, 0) is 4.79 Å². The van der Waals surface area contributed by atoms with E-state index in [1.807, 2.05) is 24.3 Å². The van der Waals surface area contributed by atoms with Crippen molar-refractivity contribution in [2.45, 2.75) is 32.2 Å². The van der Waals surface area contributed by atoms with Crippen molar-refractivity contribution in [1.29, 1.82) is 0 Å². The van der Waals surface area contributed by atoms with Crippen molar-refractivity contribution in [1.82, 2.24) is 10.2 Å². The molecule has 24 heavy (non-hydrogen) atoms. The van der Waals surface area contributed by atoms with Crippen LogP contribution in [0, 0.1) is 0 Å². The van der Waals surface area contributed by atoms with Crippen molar-refractivity contribution in [3.63, 3.8) is 0 Å². The van der Waals surface area contributed by atoms with Gasteiger partial charge in [-0.1, -0.05) is 19.1 Å². The summed E-state index contributed by atoms with van der Waals surface area (Å²) in [4.78, 5) is 24.6. The van der Waals surface area contributed by atoms with E-state index in [9.17, 15) is 9.59 Å². The predicted molar refractivity (Wildman–Crippen MR) is 93.6 cm³/mol. The minimum absolute atomic E-state index is 0.0857. The number of benzene rings is 1. The number of nitrogens with zero attached hydrogens (tertiary/aromatic N) is 1. The molecule has 130 valence electrons. The van der Waals surface area contributed by atoms with Gasteiger partial charge in [-0.2, -0.15) is 0 Å². The summed E-state index contributed by atoms with van der Waals surface area (Å²) in [6, 6.07) is 7.31. The highest BCUT2D eigenvalue weighted by Crippen LogP contribution is 2.14. The number of nitrogens with one attached hydrogen (secondary N) is 1. The Balaban J connectivity index is 1.77. The van der Waals surface area contributed by atoms with E-state index < -0.39 is 6.03 Å². The molecule has 6 heteroatoms. The number of likely N-dealkylation sites (tertiary alicyclic amines) is 1. The zero-order valence-electron chi connectivity index (χ0n) is 14.0. The Bertz CT molecular complexity index is 576. The molecule has 1 fully saturated rings. The summed E-state index contributed by atoms with van der Waals surface area (Å²) in [7, 11) is 0. The molecule has 0 atom stereocenters. The molecular formula is C18H25N3O3. The summed E-state index contributed by atoms with van der Waals surface area (Å²) in [6.07, 6.45) is 5.73. The Labute approximate surface area is 142 Å². The first-order chi connectivity index (χ1) is 11.6. The Morgan fingerprint density at radius 3 is 2.54 bits per heavy atom.